The molecule has 0 amide bonds. The van der Waals surface area contributed by atoms with Crippen LogP contribution in [0.4, 0.5) is 10.1 Å². The van der Waals surface area contributed by atoms with Gasteiger partial charge >= 0.3 is 0 Å². The average Bonchev–Trinajstić information content (AvgIpc) is 2.19. The number of methoxy groups -OCH3 is 1. The fourth-order valence-corrected chi connectivity index (χ4v) is 1.34. The molecule has 0 aliphatic rings. The van der Waals surface area contributed by atoms with E-state index < -0.39 is 0 Å². The number of nitrogens with one attached hydrogen (secondary N) is 1. The van der Waals surface area contributed by atoms with E-state index in [1.54, 1.807) is 19.2 Å². The van der Waals surface area contributed by atoms with E-state index in [0.717, 1.165) is 13.0 Å². The summed E-state index contributed by atoms with van der Waals surface area (Å²) in [4.78, 5) is 0. The van der Waals surface area contributed by atoms with Gasteiger partial charge in [-0.1, -0.05) is 20.8 Å². The third-order valence-electron chi connectivity index (χ3n) is 2.36. The first-order valence-corrected chi connectivity index (χ1v) is 5.50. The SMILES string of the molecule is COc1ccc(F)c(NCCC(C)(C)C)c1. The largest absolute Gasteiger partial charge is 0.497 e. The van der Waals surface area contributed by atoms with E-state index >= 15 is 0 Å². The van der Waals surface area contributed by atoms with Crippen molar-refractivity contribution >= 4 is 5.69 Å². The van der Waals surface area contributed by atoms with Gasteiger partial charge < -0.3 is 10.1 Å². The van der Waals surface area contributed by atoms with E-state index in [9.17, 15) is 4.39 Å². The molecule has 1 rings (SSSR count). The Morgan fingerprint density at radius 3 is 2.56 bits per heavy atom. The monoisotopic (exact) mass is 225 g/mol. The molecule has 0 unspecified atom stereocenters. The fraction of sp³-hybridized carbons (Fsp3) is 0.538. The van der Waals surface area contributed by atoms with Crippen molar-refractivity contribution in [3.05, 3.63) is 24.0 Å². The first kappa shape index (κ1) is 12.8. The molecule has 0 heterocycles. The molecule has 0 atom stereocenters. The highest BCUT2D eigenvalue weighted by molar-refractivity contribution is 5.49. The molecule has 1 aromatic rings. The third-order valence-corrected chi connectivity index (χ3v) is 2.36. The highest BCUT2D eigenvalue weighted by atomic mass is 19.1. The lowest BCUT2D eigenvalue weighted by molar-refractivity contribution is 0.389. The van der Waals surface area contributed by atoms with Gasteiger partial charge in [-0.05, 0) is 24.0 Å². The van der Waals surface area contributed by atoms with Gasteiger partial charge in [-0.15, -0.1) is 0 Å². The summed E-state index contributed by atoms with van der Waals surface area (Å²) < 4.78 is 18.5. The first-order chi connectivity index (χ1) is 7.42. The number of rotatable bonds is 4. The van der Waals surface area contributed by atoms with Gasteiger partial charge in [-0.25, -0.2) is 4.39 Å². The second kappa shape index (κ2) is 5.19. The fourth-order valence-electron chi connectivity index (χ4n) is 1.34. The summed E-state index contributed by atoms with van der Waals surface area (Å²) in [5, 5.41) is 3.09. The van der Waals surface area contributed by atoms with Crippen LogP contribution < -0.4 is 10.1 Å². The zero-order chi connectivity index (χ0) is 12.2. The Morgan fingerprint density at radius 2 is 2.00 bits per heavy atom. The smallest absolute Gasteiger partial charge is 0.146 e. The summed E-state index contributed by atoms with van der Waals surface area (Å²) in [6.45, 7) is 7.25. The molecule has 0 saturated heterocycles. The standard InChI is InChI=1S/C13H20FNO/c1-13(2,3)7-8-15-12-9-10(16-4)5-6-11(12)14/h5-6,9,15H,7-8H2,1-4H3. The van der Waals surface area contributed by atoms with Crippen LogP contribution in [0.5, 0.6) is 5.75 Å². The number of halogens is 1. The summed E-state index contributed by atoms with van der Waals surface area (Å²) in [7, 11) is 1.58. The molecule has 0 fully saturated rings. The lowest BCUT2D eigenvalue weighted by Crippen LogP contribution is -2.13. The van der Waals surface area contributed by atoms with E-state index in [-0.39, 0.29) is 11.2 Å². The Hall–Kier alpha value is -1.25. The first-order valence-electron chi connectivity index (χ1n) is 5.50. The maximum atomic E-state index is 13.4. The molecule has 3 heteroatoms. The molecule has 0 spiro atoms. The van der Waals surface area contributed by atoms with Gasteiger partial charge in [0.1, 0.15) is 11.6 Å². The Labute approximate surface area is 96.8 Å². The molecule has 0 saturated carbocycles. The molecular formula is C13H20FNO. The molecule has 0 aliphatic carbocycles. The minimum absolute atomic E-state index is 0.241. The van der Waals surface area contributed by atoms with Crippen molar-refractivity contribution in [3.63, 3.8) is 0 Å². The van der Waals surface area contributed by atoms with Gasteiger partial charge in [-0.2, -0.15) is 0 Å². The summed E-state index contributed by atoms with van der Waals surface area (Å²) >= 11 is 0. The second-order valence-electron chi connectivity index (χ2n) is 5.08. The highest BCUT2D eigenvalue weighted by Crippen LogP contribution is 2.23. The molecule has 0 radical (unpaired) electrons. The van der Waals surface area contributed by atoms with Gasteiger partial charge in [0.05, 0.1) is 12.8 Å². The maximum absolute atomic E-state index is 13.4. The number of hydrogen-bond acceptors (Lipinski definition) is 2. The minimum atomic E-state index is -0.241. The minimum Gasteiger partial charge on any atom is -0.497 e. The number of ether oxygens (including phenoxy) is 1. The summed E-state index contributed by atoms with van der Waals surface area (Å²) in [5.74, 6) is 0.425. The predicted octanol–water partition coefficient (Wildman–Crippen LogP) is 3.68. The van der Waals surface area contributed by atoms with E-state index in [1.807, 2.05) is 0 Å². The number of benzene rings is 1. The highest BCUT2D eigenvalue weighted by Gasteiger charge is 2.10. The van der Waals surface area contributed by atoms with Crippen LogP contribution in [0, 0.1) is 11.2 Å². The zero-order valence-electron chi connectivity index (χ0n) is 10.4. The van der Waals surface area contributed by atoms with E-state index in [1.165, 1.54) is 6.07 Å². The van der Waals surface area contributed by atoms with Crippen LogP contribution in [0.1, 0.15) is 27.2 Å². The molecule has 90 valence electrons. The van der Waals surface area contributed by atoms with E-state index in [2.05, 4.69) is 26.1 Å². The molecular weight excluding hydrogens is 205 g/mol. The third kappa shape index (κ3) is 4.09. The predicted molar refractivity (Wildman–Crippen MR) is 65.5 cm³/mol. The topological polar surface area (TPSA) is 21.3 Å². The number of anilines is 1. The van der Waals surface area contributed by atoms with Gasteiger partial charge in [0, 0.05) is 12.6 Å². The Kier molecular flexibility index (Phi) is 4.16. The molecule has 1 N–H and O–H groups in total. The lowest BCUT2D eigenvalue weighted by atomic mass is 9.92. The Morgan fingerprint density at radius 1 is 1.31 bits per heavy atom. The molecule has 0 bridgehead atoms. The Bertz CT molecular complexity index is 344. The van der Waals surface area contributed by atoms with Crippen molar-refractivity contribution in [2.75, 3.05) is 19.0 Å². The molecule has 0 aliphatic heterocycles. The van der Waals surface area contributed by atoms with Crippen LogP contribution >= 0.6 is 0 Å². The molecule has 1 aromatic carbocycles. The molecule has 0 aromatic heterocycles. The van der Waals surface area contributed by atoms with Crippen LogP contribution in [0.25, 0.3) is 0 Å². The zero-order valence-corrected chi connectivity index (χ0v) is 10.4. The van der Waals surface area contributed by atoms with Crippen molar-refractivity contribution in [2.45, 2.75) is 27.2 Å². The summed E-state index contributed by atoms with van der Waals surface area (Å²) in [6, 6.07) is 4.71. The van der Waals surface area contributed by atoms with Crippen molar-refractivity contribution in [1.82, 2.24) is 0 Å². The lowest BCUT2D eigenvalue weighted by Gasteiger charge is -2.18. The van der Waals surface area contributed by atoms with E-state index in [4.69, 9.17) is 4.74 Å². The van der Waals surface area contributed by atoms with Crippen LogP contribution in [0.2, 0.25) is 0 Å². The van der Waals surface area contributed by atoms with Crippen molar-refractivity contribution in [2.24, 2.45) is 5.41 Å². The quantitative estimate of drug-likeness (QED) is 0.844. The van der Waals surface area contributed by atoms with Crippen LogP contribution in [0.3, 0.4) is 0 Å². The van der Waals surface area contributed by atoms with E-state index in [0.29, 0.717) is 11.4 Å². The van der Waals surface area contributed by atoms with Crippen molar-refractivity contribution in [1.29, 1.82) is 0 Å². The van der Waals surface area contributed by atoms with Crippen LogP contribution in [-0.2, 0) is 0 Å². The van der Waals surface area contributed by atoms with Gasteiger partial charge in [0.15, 0.2) is 0 Å². The van der Waals surface area contributed by atoms with Crippen LogP contribution in [-0.4, -0.2) is 13.7 Å². The normalized spacial score (nSPS) is 11.3. The molecule has 16 heavy (non-hydrogen) atoms. The van der Waals surface area contributed by atoms with Crippen molar-refractivity contribution in [3.8, 4) is 5.75 Å². The van der Waals surface area contributed by atoms with Gasteiger partial charge in [-0.3, -0.25) is 0 Å². The van der Waals surface area contributed by atoms with Gasteiger partial charge in [0.2, 0.25) is 0 Å². The summed E-state index contributed by atoms with van der Waals surface area (Å²) in [6.07, 6.45) is 0.990. The molecule has 2 nitrogen and oxygen atoms in total. The number of hydrogen-bond donors (Lipinski definition) is 1. The summed E-state index contributed by atoms with van der Waals surface area (Å²) in [5.41, 5.74) is 0.756. The van der Waals surface area contributed by atoms with Crippen LogP contribution in [0.15, 0.2) is 18.2 Å². The van der Waals surface area contributed by atoms with Gasteiger partial charge in [0.25, 0.3) is 0 Å². The maximum Gasteiger partial charge on any atom is 0.146 e. The van der Waals surface area contributed by atoms with Crippen molar-refractivity contribution < 1.29 is 9.13 Å². The Balaban J connectivity index is 2.59. The second-order valence-corrected chi connectivity index (χ2v) is 5.08. The average molecular weight is 225 g/mol.